The second-order valence-electron chi connectivity index (χ2n) is 8.05. The van der Waals surface area contributed by atoms with Gasteiger partial charge < -0.3 is 15.3 Å². The predicted octanol–water partition coefficient (Wildman–Crippen LogP) is 3.21. The fourth-order valence-corrected chi connectivity index (χ4v) is 3.44. The van der Waals surface area contributed by atoms with Crippen LogP contribution in [0.3, 0.4) is 0 Å². The number of nitrogens with zero attached hydrogens (tertiary/aromatic N) is 1. The SMILES string of the molecule is Cc1cc(C)cc(C(O)CN2CCC(C(=O)NC(C)C(C)C)CC2)c1. The summed E-state index contributed by atoms with van der Waals surface area (Å²) in [6.07, 6.45) is 1.27. The number of likely N-dealkylation sites (tertiary alicyclic amines) is 1. The van der Waals surface area contributed by atoms with Gasteiger partial charge in [-0.25, -0.2) is 0 Å². The van der Waals surface area contributed by atoms with Crippen LogP contribution in [0.2, 0.25) is 0 Å². The van der Waals surface area contributed by atoms with Crippen molar-refractivity contribution in [2.75, 3.05) is 19.6 Å². The molecule has 0 saturated carbocycles. The summed E-state index contributed by atoms with van der Waals surface area (Å²) in [6, 6.07) is 6.46. The van der Waals surface area contributed by atoms with Gasteiger partial charge >= 0.3 is 0 Å². The van der Waals surface area contributed by atoms with E-state index in [0.717, 1.165) is 31.5 Å². The molecular weight excluding hydrogens is 312 g/mol. The number of carbonyl (C=O) groups excluding carboxylic acids is 1. The number of rotatable bonds is 6. The number of carbonyl (C=O) groups is 1. The molecular formula is C21H34N2O2. The normalized spacial score (nSPS) is 19.0. The highest BCUT2D eigenvalue weighted by molar-refractivity contribution is 5.79. The minimum atomic E-state index is -0.468. The van der Waals surface area contributed by atoms with Crippen molar-refractivity contribution in [1.82, 2.24) is 10.2 Å². The van der Waals surface area contributed by atoms with Crippen molar-refractivity contribution in [1.29, 1.82) is 0 Å². The molecule has 1 aliphatic heterocycles. The molecule has 0 aromatic heterocycles. The molecule has 1 aromatic carbocycles. The fourth-order valence-electron chi connectivity index (χ4n) is 3.44. The second-order valence-corrected chi connectivity index (χ2v) is 8.05. The number of aryl methyl sites for hydroxylation is 2. The highest BCUT2D eigenvalue weighted by Gasteiger charge is 2.27. The van der Waals surface area contributed by atoms with Crippen LogP contribution in [0.5, 0.6) is 0 Å². The average Bonchev–Trinajstić information content (AvgIpc) is 2.54. The summed E-state index contributed by atoms with van der Waals surface area (Å²) in [4.78, 5) is 14.6. The van der Waals surface area contributed by atoms with Gasteiger partial charge in [-0.3, -0.25) is 4.79 Å². The van der Waals surface area contributed by atoms with E-state index in [0.29, 0.717) is 12.5 Å². The second kappa shape index (κ2) is 8.81. The number of β-amino-alcohol motifs (C(OH)–C–C–N with tert-alkyl or cyclic N) is 1. The van der Waals surface area contributed by atoms with Crippen LogP contribution in [0, 0.1) is 25.7 Å². The van der Waals surface area contributed by atoms with Crippen molar-refractivity contribution >= 4 is 5.91 Å². The fraction of sp³-hybridized carbons (Fsp3) is 0.667. The molecule has 0 aliphatic carbocycles. The minimum absolute atomic E-state index is 0.107. The van der Waals surface area contributed by atoms with Crippen LogP contribution in [0.4, 0.5) is 0 Å². The Balaban J connectivity index is 1.82. The molecule has 1 aliphatic rings. The van der Waals surface area contributed by atoms with Crippen LogP contribution in [0.15, 0.2) is 18.2 Å². The van der Waals surface area contributed by atoms with E-state index in [4.69, 9.17) is 0 Å². The zero-order valence-electron chi connectivity index (χ0n) is 16.4. The minimum Gasteiger partial charge on any atom is -0.387 e. The van der Waals surface area contributed by atoms with E-state index in [1.54, 1.807) is 0 Å². The topological polar surface area (TPSA) is 52.6 Å². The molecule has 1 fully saturated rings. The first-order valence-electron chi connectivity index (χ1n) is 9.55. The number of aliphatic hydroxyl groups excluding tert-OH is 1. The van der Waals surface area contributed by atoms with Gasteiger partial charge in [0.05, 0.1) is 6.10 Å². The molecule has 0 spiro atoms. The zero-order valence-corrected chi connectivity index (χ0v) is 16.4. The molecule has 1 amide bonds. The third kappa shape index (κ3) is 5.82. The molecule has 1 saturated heterocycles. The molecule has 0 radical (unpaired) electrons. The van der Waals surface area contributed by atoms with Gasteiger partial charge in [-0.15, -0.1) is 0 Å². The lowest BCUT2D eigenvalue weighted by molar-refractivity contribution is -0.127. The van der Waals surface area contributed by atoms with Gasteiger partial charge in [-0.1, -0.05) is 43.2 Å². The molecule has 4 nitrogen and oxygen atoms in total. The smallest absolute Gasteiger partial charge is 0.223 e. The third-order valence-electron chi connectivity index (χ3n) is 5.39. The van der Waals surface area contributed by atoms with Crippen LogP contribution in [0.1, 0.15) is 56.4 Å². The van der Waals surface area contributed by atoms with Gasteiger partial charge in [-0.05, 0) is 58.2 Å². The molecule has 1 aromatic rings. The number of piperidine rings is 1. The Labute approximate surface area is 152 Å². The summed E-state index contributed by atoms with van der Waals surface area (Å²) < 4.78 is 0. The van der Waals surface area contributed by atoms with E-state index < -0.39 is 6.10 Å². The largest absolute Gasteiger partial charge is 0.387 e. The average molecular weight is 347 g/mol. The van der Waals surface area contributed by atoms with Gasteiger partial charge in [0.15, 0.2) is 0 Å². The third-order valence-corrected chi connectivity index (χ3v) is 5.39. The van der Waals surface area contributed by atoms with Gasteiger partial charge in [0.25, 0.3) is 0 Å². The van der Waals surface area contributed by atoms with E-state index in [9.17, 15) is 9.90 Å². The van der Waals surface area contributed by atoms with Crippen molar-refractivity contribution in [2.45, 2.75) is 59.6 Å². The van der Waals surface area contributed by atoms with Gasteiger partial charge in [0.2, 0.25) is 5.91 Å². The lowest BCUT2D eigenvalue weighted by Crippen LogP contribution is -2.45. The summed E-state index contributed by atoms with van der Waals surface area (Å²) in [5, 5.41) is 13.7. The maximum absolute atomic E-state index is 12.4. The first-order chi connectivity index (χ1) is 11.8. The molecule has 1 heterocycles. The number of benzene rings is 1. The maximum atomic E-state index is 12.4. The number of aliphatic hydroxyl groups is 1. The van der Waals surface area contributed by atoms with E-state index in [1.165, 1.54) is 11.1 Å². The Bertz CT molecular complexity index is 557. The molecule has 2 rings (SSSR count). The summed E-state index contributed by atoms with van der Waals surface area (Å²) in [5.74, 6) is 0.753. The molecule has 0 bridgehead atoms. The highest BCUT2D eigenvalue weighted by atomic mass is 16.3. The predicted molar refractivity (Wildman–Crippen MR) is 102 cm³/mol. The molecule has 4 heteroatoms. The van der Waals surface area contributed by atoms with E-state index in [-0.39, 0.29) is 17.9 Å². The van der Waals surface area contributed by atoms with Crippen LogP contribution in [0.25, 0.3) is 0 Å². The molecule has 2 unspecified atom stereocenters. The molecule has 140 valence electrons. The highest BCUT2D eigenvalue weighted by Crippen LogP contribution is 2.22. The van der Waals surface area contributed by atoms with Crippen molar-refractivity contribution in [3.05, 3.63) is 34.9 Å². The van der Waals surface area contributed by atoms with E-state index >= 15 is 0 Å². The Morgan fingerprint density at radius 2 is 1.72 bits per heavy atom. The van der Waals surface area contributed by atoms with Gasteiger partial charge in [0, 0.05) is 18.5 Å². The van der Waals surface area contributed by atoms with Crippen LogP contribution < -0.4 is 5.32 Å². The van der Waals surface area contributed by atoms with Crippen molar-refractivity contribution in [3.63, 3.8) is 0 Å². The number of hydrogen-bond acceptors (Lipinski definition) is 3. The summed E-state index contributed by atoms with van der Waals surface area (Å²) in [7, 11) is 0. The Kier molecular flexibility index (Phi) is 7.03. The van der Waals surface area contributed by atoms with E-state index in [1.807, 2.05) is 0 Å². The first kappa shape index (κ1) is 19.9. The molecule has 2 atom stereocenters. The van der Waals surface area contributed by atoms with Crippen LogP contribution >= 0.6 is 0 Å². The molecule has 25 heavy (non-hydrogen) atoms. The van der Waals surface area contributed by atoms with Crippen LogP contribution in [-0.4, -0.2) is 41.6 Å². The molecule has 2 N–H and O–H groups in total. The number of nitrogens with one attached hydrogen (secondary N) is 1. The summed E-state index contributed by atoms with van der Waals surface area (Å²) in [6.45, 7) is 12.8. The zero-order chi connectivity index (χ0) is 18.6. The summed E-state index contributed by atoms with van der Waals surface area (Å²) in [5.41, 5.74) is 3.36. The quantitative estimate of drug-likeness (QED) is 0.832. The van der Waals surface area contributed by atoms with Crippen molar-refractivity contribution in [3.8, 4) is 0 Å². The van der Waals surface area contributed by atoms with Crippen molar-refractivity contribution < 1.29 is 9.90 Å². The number of hydrogen-bond donors (Lipinski definition) is 2. The standard InChI is InChI=1S/C21H34N2O2/c1-14(2)17(5)22-21(25)18-6-8-23(9-7-18)13-20(24)19-11-15(3)10-16(4)12-19/h10-12,14,17-18,20,24H,6-9,13H2,1-5H3,(H,22,25). The Morgan fingerprint density at radius 1 is 1.16 bits per heavy atom. The van der Waals surface area contributed by atoms with Gasteiger partial charge in [0.1, 0.15) is 0 Å². The maximum Gasteiger partial charge on any atom is 0.223 e. The van der Waals surface area contributed by atoms with Gasteiger partial charge in [-0.2, -0.15) is 0 Å². The monoisotopic (exact) mass is 346 g/mol. The Morgan fingerprint density at radius 3 is 2.24 bits per heavy atom. The van der Waals surface area contributed by atoms with E-state index in [2.05, 4.69) is 63.0 Å². The summed E-state index contributed by atoms with van der Waals surface area (Å²) >= 11 is 0. The first-order valence-corrected chi connectivity index (χ1v) is 9.55. The van der Waals surface area contributed by atoms with Crippen molar-refractivity contribution in [2.24, 2.45) is 11.8 Å². The number of amides is 1. The lowest BCUT2D eigenvalue weighted by Gasteiger charge is -2.33. The lowest BCUT2D eigenvalue weighted by atomic mass is 9.94. The van der Waals surface area contributed by atoms with Crippen LogP contribution in [-0.2, 0) is 4.79 Å². The Hall–Kier alpha value is -1.39.